The Labute approximate surface area is 167 Å². The number of carbonyl (C=O) groups excluding carboxylic acids is 1. The molecule has 1 aliphatic carbocycles. The van der Waals surface area contributed by atoms with Crippen LogP contribution >= 0.6 is 0 Å². The summed E-state index contributed by atoms with van der Waals surface area (Å²) in [4.78, 5) is 40.2. The average molecular weight is 386 g/mol. The van der Waals surface area contributed by atoms with Gasteiger partial charge in [-0.2, -0.15) is 0 Å². The summed E-state index contributed by atoms with van der Waals surface area (Å²) >= 11 is 0. The van der Waals surface area contributed by atoms with Crippen LogP contribution in [0.15, 0.2) is 63.7 Å². The van der Waals surface area contributed by atoms with Crippen molar-refractivity contribution in [2.24, 2.45) is 5.41 Å². The Balaban J connectivity index is 1.92. The minimum absolute atomic E-state index is 0.0147. The van der Waals surface area contributed by atoms with Gasteiger partial charge in [0, 0.05) is 12.0 Å². The van der Waals surface area contributed by atoms with E-state index in [0.717, 1.165) is 11.1 Å². The van der Waals surface area contributed by atoms with Gasteiger partial charge in [-0.15, -0.1) is 0 Å². The molecule has 3 aromatic rings. The van der Waals surface area contributed by atoms with Crippen molar-refractivity contribution in [2.75, 3.05) is 0 Å². The van der Waals surface area contributed by atoms with Gasteiger partial charge in [0.1, 0.15) is 6.04 Å². The van der Waals surface area contributed by atoms with E-state index >= 15 is 0 Å². The molecule has 1 aliphatic heterocycles. The summed E-state index contributed by atoms with van der Waals surface area (Å²) in [7, 11) is 0. The normalized spacial score (nSPS) is 20.1. The molecule has 0 unspecified atom stereocenters. The number of nitrogens with zero attached hydrogens (tertiary/aromatic N) is 2. The van der Waals surface area contributed by atoms with E-state index in [9.17, 15) is 14.4 Å². The van der Waals surface area contributed by atoms with Crippen molar-refractivity contribution in [3.8, 4) is 0 Å². The predicted octanol–water partition coefficient (Wildman–Crippen LogP) is 3.67. The van der Waals surface area contributed by atoms with E-state index in [0.29, 0.717) is 34.9 Å². The Bertz CT molecular complexity index is 1340. The van der Waals surface area contributed by atoms with Crippen LogP contribution < -0.4 is 11.1 Å². The highest BCUT2D eigenvalue weighted by molar-refractivity contribution is 6.04. The first-order valence-corrected chi connectivity index (χ1v) is 9.88. The highest BCUT2D eigenvalue weighted by Gasteiger charge is 2.44. The maximum atomic E-state index is 13.5. The molecule has 0 saturated carbocycles. The summed E-state index contributed by atoms with van der Waals surface area (Å²) in [5, 5.41) is 0.776. The molecule has 29 heavy (non-hydrogen) atoms. The van der Waals surface area contributed by atoms with Gasteiger partial charge in [0.15, 0.2) is 5.78 Å². The van der Waals surface area contributed by atoms with E-state index in [1.54, 1.807) is 24.3 Å². The predicted molar refractivity (Wildman–Crippen MR) is 113 cm³/mol. The van der Waals surface area contributed by atoms with Crippen molar-refractivity contribution in [1.29, 1.82) is 0 Å². The zero-order valence-corrected chi connectivity index (χ0v) is 16.7. The number of ketones is 1. The molecule has 2 heterocycles. The minimum atomic E-state index is -0.570. The Morgan fingerprint density at radius 2 is 1.48 bits per heavy atom. The van der Waals surface area contributed by atoms with Crippen LogP contribution in [0, 0.1) is 12.3 Å². The van der Waals surface area contributed by atoms with E-state index in [4.69, 9.17) is 0 Å². The molecule has 0 spiro atoms. The molecule has 2 aromatic carbocycles. The molecule has 0 N–H and O–H groups in total. The molecule has 0 saturated heterocycles. The van der Waals surface area contributed by atoms with Crippen LogP contribution in [0.1, 0.15) is 43.9 Å². The summed E-state index contributed by atoms with van der Waals surface area (Å²) in [6.45, 7) is 6.06. The van der Waals surface area contributed by atoms with Gasteiger partial charge in [0.25, 0.3) is 11.1 Å². The summed E-state index contributed by atoms with van der Waals surface area (Å²) in [6, 6.07) is 14.2. The molecule has 0 amide bonds. The second-order valence-corrected chi connectivity index (χ2v) is 8.93. The Kier molecular flexibility index (Phi) is 3.63. The van der Waals surface area contributed by atoms with Crippen LogP contribution in [0.3, 0.4) is 0 Å². The van der Waals surface area contributed by atoms with Crippen LogP contribution in [0.5, 0.6) is 0 Å². The summed E-state index contributed by atoms with van der Waals surface area (Å²) < 4.78 is 2.97. The first-order chi connectivity index (χ1) is 13.8. The number of benzene rings is 2. The van der Waals surface area contributed by atoms with Gasteiger partial charge < -0.3 is 0 Å². The van der Waals surface area contributed by atoms with Crippen molar-refractivity contribution < 1.29 is 4.79 Å². The second-order valence-electron chi connectivity index (χ2n) is 8.93. The molecule has 5 rings (SSSR count). The van der Waals surface area contributed by atoms with Crippen molar-refractivity contribution in [3.63, 3.8) is 0 Å². The number of Topliss-reactive ketones (excluding diaryl/α,β-unsaturated/α-hetero) is 1. The first kappa shape index (κ1) is 17.9. The summed E-state index contributed by atoms with van der Waals surface area (Å²) in [6.07, 6.45) is 0.985. The summed E-state index contributed by atoms with van der Waals surface area (Å²) in [5.74, 6) is 0.0147. The fraction of sp³-hybridized carbons (Fsp3) is 0.292. The van der Waals surface area contributed by atoms with Crippen LogP contribution in [-0.2, 0) is 4.79 Å². The fourth-order valence-corrected chi connectivity index (χ4v) is 4.75. The van der Waals surface area contributed by atoms with Crippen LogP contribution in [0.4, 0.5) is 0 Å². The van der Waals surface area contributed by atoms with Crippen molar-refractivity contribution in [2.45, 2.75) is 39.7 Å². The largest absolute Gasteiger partial charge is 0.294 e. The quantitative estimate of drug-likeness (QED) is 0.641. The third-order valence-corrected chi connectivity index (χ3v) is 6.07. The topological polar surface area (TPSA) is 61.1 Å². The number of hydrogen-bond acceptors (Lipinski definition) is 3. The van der Waals surface area contributed by atoms with E-state index in [2.05, 4.69) is 0 Å². The number of hydrogen-bond donors (Lipinski definition) is 0. The molecule has 146 valence electrons. The maximum Gasteiger partial charge on any atom is 0.277 e. The Morgan fingerprint density at radius 1 is 0.862 bits per heavy atom. The van der Waals surface area contributed by atoms with Crippen LogP contribution in [-0.4, -0.2) is 15.1 Å². The highest BCUT2D eigenvalue weighted by Crippen LogP contribution is 2.46. The number of carbonyl (C=O) groups is 1. The lowest BCUT2D eigenvalue weighted by atomic mass is 9.74. The lowest BCUT2D eigenvalue weighted by Crippen LogP contribution is -2.37. The lowest BCUT2D eigenvalue weighted by molar-refractivity contribution is -0.118. The van der Waals surface area contributed by atoms with E-state index in [1.165, 1.54) is 9.36 Å². The number of aryl methyl sites for hydroxylation is 1. The standard InChI is InChI=1S/C24H22N2O3/c1-14-8-10-15(11-9-14)21-20-18(12-24(2,3)13-19(20)27)25-22(28)16-6-4-5-7-17(16)23(29)26(21)25/h4-11,21H,12-13H2,1-3H3/t21-/m0/s1. The molecular weight excluding hydrogens is 364 g/mol. The van der Waals surface area contributed by atoms with Crippen LogP contribution in [0.25, 0.3) is 16.5 Å². The van der Waals surface area contributed by atoms with Crippen molar-refractivity contribution in [3.05, 3.63) is 85.9 Å². The monoisotopic (exact) mass is 386 g/mol. The van der Waals surface area contributed by atoms with Crippen molar-refractivity contribution >= 4 is 22.3 Å². The smallest absolute Gasteiger partial charge is 0.277 e. The van der Waals surface area contributed by atoms with Crippen molar-refractivity contribution in [1.82, 2.24) is 9.36 Å². The van der Waals surface area contributed by atoms with Gasteiger partial charge in [-0.3, -0.25) is 14.4 Å². The third kappa shape index (κ3) is 2.50. The zero-order valence-electron chi connectivity index (χ0n) is 16.7. The fourth-order valence-electron chi connectivity index (χ4n) is 4.75. The molecule has 5 heteroatoms. The maximum absolute atomic E-state index is 13.5. The van der Waals surface area contributed by atoms with Gasteiger partial charge in [-0.25, -0.2) is 9.36 Å². The van der Waals surface area contributed by atoms with Gasteiger partial charge >= 0.3 is 0 Å². The average Bonchev–Trinajstić information content (AvgIpc) is 3.01. The number of fused-ring (bicyclic) bond motifs is 3. The molecule has 0 fully saturated rings. The number of aromatic nitrogens is 2. The molecule has 0 radical (unpaired) electrons. The van der Waals surface area contributed by atoms with E-state index < -0.39 is 6.04 Å². The molecule has 1 aromatic heterocycles. The van der Waals surface area contributed by atoms with Gasteiger partial charge in [-0.1, -0.05) is 55.8 Å². The second kappa shape index (κ2) is 5.89. The first-order valence-electron chi connectivity index (χ1n) is 9.88. The van der Waals surface area contributed by atoms with Crippen LogP contribution in [0.2, 0.25) is 0 Å². The zero-order chi connectivity index (χ0) is 20.5. The summed E-state index contributed by atoms with van der Waals surface area (Å²) in [5.41, 5.74) is 2.45. The Hall–Kier alpha value is -3.21. The Morgan fingerprint density at radius 3 is 2.14 bits per heavy atom. The number of rotatable bonds is 1. The lowest BCUT2D eigenvalue weighted by Gasteiger charge is -2.30. The molecule has 5 nitrogen and oxygen atoms in total. The SMILES string of the molecule is Cc1ccc([C@H]2C3=C(CC(C)(C)CC3=O)n3c(=O)c4ccccc4c(=O)n32)cc1. The minimum Gasteiger partial charge on any atom is -0.294 e. The van der Waals surface area contributed by atoms with Gasteiger partial charge in [0.05, 0.1) is 16.5 Å². The van der Waals surface area contributed by atoms with E-state index in [-0.39, 0.29) is 22.3 Å². The third-order valence-electron chi connectivity index (χ3n) is 6.07. The highest BCUT2D eigenvalue weighted by atomic mass is 16.2. The van der Waals surface area contributed by atoms with E-state index in [1.807, 2.05) is 45.0 Å². The molecular formula is C24H22N2O3. The van der Waals surface area contributed by atoms with Gasteiger partial charge in [0.2, 0.25) is 0 Å². The number of allylic oxidation sites excluding steroid dienone is 2. The molecule has 2 aliphatic rings. The van der Waals surface area contributed by atoms with Gasteiger partial charge in [-0.05, 0) is 36.5 Å². The molecule has 1 atom stereocenters. The molecule has 0 bridgehead atoms.